The highest BCUT2D eigenvalue weighted by Crippen LogP contribution is 2.45. The monoisotopic (exact) mass is 234 g/mol. The average molecular weight is 234 g/mol. The minimum absolute atomic E-state index is 0.0717. The molecule has 90 valence electrons. The van der Waals surface area contributed by atoms with E-state index in [1.54, 1.807) is 31.2 Å². The van der Waals surface area contributed by atoms with E-state index in [1.807, 2.05) is 0 Å². The minimum Gasteiger partial charge on any atom is -0.509 e. The van der Waals surface area contributed by atoms with Crippen LogP contribution in [0.25, 0.3) is 0 Å². The van der Waals surface area contributed by atoms with Gasteiger partial charge >= 0.3 is 0 Å². The molecule has 0 saturated carbocycles. The Morgan fingerprint density at radius 3 is 2.29 bits per heavy atom. The summed E-state index contributed by atoms with van der Waals surface area (Å²) < 4.78 is 0. The molecule has 0 aliphatic heterocycles. The smallest absolute Gasteiger partial charge is 0.176 e. The quantitative estimate of drug-likeness (QED) is 0.700. The number of aliphatic hydroxyl groups excluding tert-OH is 3. The number of benzene rings is 1. The van der Waals surface area contributed by atoms with Crippen LogP contribution in [0.5, 0.6) is 0 Å². The van der Waals surface area contributed by atoms with Crippen LogP contribution < -0.4 is 0 Å². The second-order valence-electron chi connectivity index (χ2n) is 4.49. The molecule has 4 heteroatoms. The lowest BCUT2D eigenvalue weighted by atomic mass is 9.69. The second kappa shape index (κ2) is 3.89. The standard InChI is InChI=1S/C13H14O4/c1-13(6-10(15)12(13)17)11(16)9-4-2-8(7-14)3-5-9/h2-5,14-15,17H,6-7H2,1H3. The van der Waals surface area contributed by atoms with Gasteiger partial charge in [0.15, 0.2) is 5.78 Å². The highest BCUT2D eigenvalue weighted by molar-refractivity contribution is 6.03. The van der Waals surface area contributed by atoms with Crippen molar-refractivity contribution in [2.75, 3.05) is 0 Å². The van der Waals surface area contributed by atoms with Crippen LogP contribution in [0.2, 0.25) is 0 Å². The first-order valence-electron chi connectivity index (χ1n) is 5.35. The number of aliphatic hydroxyl groups is 3. The number of allylic oxidation sites excluding steroid dienone is 2. The van der Waals surface area contributed by atoms with Gasteiger partial charge < -0.3 is 15.3 Å². The number of rotatable bonds is 3. The molecule has 1 unspecified atom stereocenters. The summed E-state index contributed by atoms with van der Waals surface area (Å²) >= 11 is 0. The number of carbonyl (C=O) groups is 1. The fourth-order valence-electron chi connectivity index (χ4n) is 1.98. The lowest BCUT2D eigenvalue weighted by Crippen LogP contribution is -2.38. The van der Waals surface area contributed by atoms with E-state index in [-0.39, 0.29) is 30.3 Å². The zero-order valence-electron chi connectivity index (χ0n) is 9.47. The molecule has 2 rings (SSSR count). The summed E-state index contributed by atoms with van der Waals surface area (Å²) in [5.41, 5.74) is 0.178. The summed E-state index contributed by atoms with van der Waals surface area (Å²) in [5.74, 6) is -0.584. The van der Waals surface area contributed by atoms with Gasteiger partial charge in [0.1, 0.15) is 11.5 Å². The third kappa shape index (κ3) is 1.70. The number of hydrogen-bond acceptors (Lipinski definition) is 4. The Hall–Kier alpha value is -1.81. The Morgan fingerprint density at radius 1 is 1.29 bits per heavy atom. The van der Waals surface area contributed by atoms with Gasteiger partial charge in [0.05, 0.1) is 12.0 Å². The van der Waals surface area contributed by atoms with Gasteiger partial charge in [-0.3, -0.25) is 4.79 Å². The van der Waals surface area contributed by atoms with Gasteiger partial charge in [0.25, 0.3) is 0 Å². The zero-order chi connectivity index (χ0) is 12.6. The van der Waals surface area contributed by atoms with Crippen molar-refractivity contribution in [2.24, 2.45) is 5.41 Å². The SMILES string of the molecule is CC1(C(=O)c2ccc(CO)cc2)CC(O)=C1O. The Kier molecular flexibility index (Phi) is 2.67. The van der Waals surface area contributed by atoms with Crippen molar-refractivity contribution in [3.63, 3.8) is 0 Å². The molecule has 17 heavy (non-hydrogen) atoms. The summed E-state index contributed by atoms with van der Waals surface area (Å²) in [7, 11) is 0. The topological polar surface area (TPSA) is 77.8 Å². The zero-order valence-corrected chi connectivity index (χ0v) is 9.47. The molecule has 1 atom stereocenters. The number of hydrogen-bond donors (Lipinski definition) is 3. The maximum Gasteiger partial charge on any atom is 0.176 e. The van der Waals surface area contributed by atoms with Gasteiger partial charge in [0, 0.05) is 12.0 Å². The number of carbonyl (C=O) groups excluding carboxylic acids is 1. The molecule has 1 aliphatic rings. The van der Waals surface area contributed by atoms with Gasteiger partial charge in [0.2, 0.25) is 0 Å². The fourth-order valence-corrected chi connectivity index (χ4v) is 1.98. The average Bonchev–Trinajstić information content (AvgIpc) is 2.37. The molecule has 1 aromatic rings. The normalized spacial score (nSPS) is 23.4. The Bertz CT molecular complexity index is 487. The minimum atomic E-state index is -1.01. The van der Waals surface area contributed by atoms with Crippen molar-refractivity contribution < 1.29 is 20.1 Å². The molecule has 0 fully saturated rings. The van der Waals surface area contributed by atoms with Crippen LogP contribution in [-0.2, 0) is 6.61 Å². The van der Waals surface area contributed by atoms with E-state index >= 15 is 0 Å². The van der Waals surface area contributed by atoms with Crippen LogP contribution in [0.4, 0.5) is 0 Å². The van der Waals surface area contributed by atoms with Crippen molar-refractivity contribution in [3.05, 3.63) is 46.9 Å². The van der Waals surface area contributed by atoms with Gasteiger partial charge in [-0.1, -0.05) is 24.3 Å². The molecule has 0 aromatic heterocycles. The van der Waals surface area contributed by atoms with Crippen molar-refractivity contribution >= 4 is 5.78 Å². The van der Waals surface area contributed by atoms with E-state index in [0.717, 1.165) is 5.56 Å². The van der Waals surface area contributed by atoms with Crippen molar-refractivity contribution in [1.29, 1.82) is 0 Å². The highest BCUT2D eigenvalue weighted by atomic mass is 16.3. The number of Topliss-reactive ketones (excluding diaryl/α,β-unsaturated/α-hetero) is 1. The molecule has 1 aromatic carbocycles. The third-order valence-corrected chi connectivity index (χ3v) is 3.22. The summed E-state index contributed by atoms with van der Waals surface area (Å²) in [5, 5.41) is 27.6. The summed E-state index contributed by atoms with van der Waals surface area (Å²) in [4.78, 5) is 12.1. The molecule has 3 N–H and O–H groups in total. The lowest BCUT2D eigenvalue weighted by molar-refractivity contribution is 0.0654. The van der Waals surface area contributed by atoms with E-state index in [4.69, 9.17) is 5.11 Å². The van der Waals surface area contributed by atoms with Gasteiger partial charge in [-0.15, -0.1) is 0 Å². The molecule has 0 saturated heterocycles. The summed E-state index contributed by atoms with van der Waals surface area (Å²) in [6, 6.07) is 6.55. The molecular weight excluding hydrogens is 220 g/mol. The second-order valence-corrected chi connectivity index (χ2v) is 4.49. The van der Waals surface area contributed by atoms with E-state index in [2.05, 4.69) is 0 Å². The van der Waals surface area contributed by atoms with Crippen LogP contribution in [0, 0.1) is 5.41 Å². The van der Waals surface area contributed by atoms with E-state index in [1.165, 1.54) is 0 Å². The summed E-state index contributed by atoms with van der Waals surface area (Å²) in [6.07, 6.45) is 0.166. The van der Waals surface area contributed by atoms with E-state index in [9.17, 15) is 15.0 Å². The first-order valence-corrected chi connectivity index (χ1v) is 5.35. The Labute approximate surface area is 98.8 Å². The lowest BCUT2D eigenvalue weighted by Gasteiger charge is -2.35. The molecular formula is C13H14O4. The first kappa shape index (κ1) is 11.7. The van der Waals surface area contributed by atoms with Crippen molar-refractivity contribution in [3.8, 4) is 0 Å². The Balaban J connectivity index is 2.27. The van der Waals surface area contributed by atoms with Crippen LogP contribution in [0.1, 0.15) is 29.3 Å². The molecule has 0 heterocycles. The summed E-state index contributed by atoms with van der Waals surface area (Å²) in [6.45, 7) is 1.53. The van der Waals surface area contributed by atoms with Crippen LogP contribution >= 0.6 is 0 Å². The predicted octanol–water partition coefficient (Wildman–Crippen LogP) is 2.10. The van der Waals surface area contributed by atoms with Crippen LogP contribution in [-0.4, -0.2) is 21.1 Å². The highest BCUT2D eigenvalue weighted by Gasteiger charge is 2.48. The maximum atomic E-state index is 12.1. The van der Waals surface area contributed by atoms with Crippen LogP contribution in [0.15, 0.2) is 35.8 Å². The van der Waals surface area contributed by atoms with Gasteiger partial charge in [-0.25, -0.2) is 0 Å². The molecule has 0 spiro atoms. The Morgan fingerprint density at radius 2 is 1.88 bits per heavy atom. The van der Waals surface area contributed by atoms with E-state index in [0.29, 0.717) is 5.56 Å². The van der Waals surface area contributed by atoms with Gasteiger partial charge in [-0.05, 0) is 12.5 Å². The molecule has 1 aliphatic carbocycles. The largest absolute Gasteiger partial charge is 0.509 e. The molecule has 4 nitrogen and oxygen atoms in total. The molecule has 0 bridgehead atoms. The van der Waals surface area contributed by atoms with Gasteiger partial charge in [-0.2, -0.15) is 0 Å². The number of ketones is 1. The fraction of sp³-hybridized carbons (Fsp3) is 0.308. The van der Waals surface area contributed by atoms with E-state index < -0.39 is 5.41 Å². The first-order chi connectivity index (χ1) is 7.99. The van der Waals surface area contributed by atoms with Crippen molar-refractivity contribution in [2.45, 2.75) is 20.0 Å². The third-order valence-electron chi connectivity index (χ3n) is 3.22. The predicted molar refractivity (Wildman–Crippen MR) is 61.7 cm³/mol. The van der Waals surface area contributed by atoms with Crippen LogP contribution in [0.3, 0.4) is 0 Å². The molecule has 0 amide bonds. The molecule has 0 radical (unpaired) electrons. The van der Waals surface area contributed by atoms with Crippen molar-refractivity contribution in [1.82, 2.24) is 0 Å². The maximum absolute atomic E-state index is 12.1.